The highest BCUT2D eigenvalue weighted by molar-refractivity contribution is 9.10. The molecule has 0 saturated carbocycles. The molecule has 1 atom stereocenters. The van der Waals surface area contributed by atoms with Gasteiger partial charge in [-0.15, -0.1) is 29.1 Å². The fourth-order valence-corrected chi connectivity index (χ4v) is 18.1. The summed E-state index contributed by atoms with van der Waals surface area (Å²) in [5.41, 5.74) is 21.0. The summed E-state index contributed by atoms with van der Waals surface area (Å²) in [6.07, 6.45) is 28.9. The average Bonchev–Trinajstić information content (AvgIpc) is 1.78. The van der Waals surface area contributed by atoms with Gasteiger partial charge in [-0.3, -0.25) is 18.8 Å². The number of carbonyl (C=O) groups excluding carboxylic acids is 1. The smallest absolute Gasteiger partial charge is 0.268 e. The number of hydroxylamine groups is 3. The van der Waals surface area contributed by atoms with Crippen LogP contribution in [0.15, 0.2) is 223 Å². The van der Waals surface area contributed by atoms with E-state index in [2.05, 4.69) is 137 Å². The Morgan fingerprint density at radius 3 is 1.74 bits per heavy atom. The number of carbonyl (C=O) groups is 1. The van der Waals surface area contributed by atoms with E-state index in [0.717, 1.165) is 204 Å². The van der Waals surface area contributed by atoms with Gasteiger partial charge in [0, 0.05) is 170 Å². The number of nitrogens with two attached hydrogens (primary N) is 1. The third-order valence-corrected chi connectivity index (χ3v) is 25.1. The number of nitrogens with zero attached hydrogens (tertiary/aromatic N) is 17. The van der Waals surface area contributed by atoms with Gasteiger partial charge in [0.15, 0.2) is 0 Å². The first-order valence-corrected chi connectivity index (χ1v) is 46.5. The number of thiazole rings is 2. The third-order valence-electron chi connectivity index (χ3n) is 22.8. The molecule has 1 amide bonds. The molecule has 8 aromatic carbocycles. The first kappa shape index (κ1) is 91.1. The predicted molar refractivity (Wildman–Crippen MR) is 523 cm³/mol. The molecule has 4 aliphatic rings. The second-order valence-corrected chi connectivity index (χ2v) is 35.4. The number of quaternary nitrogens is 1. The molecule has 135 heavy (non-hydrogen) atoms. The molecule has 9 aromatic heterocycles. The Labute approximate surface area is 791 Å². The lowest BCUT2D eigenvalue weighted by molar-refractivity contribution is -1.12. The Bertz CT molecular complexity index is 7100. The number of morpholine rings is 1. The van der Waals surface area contributed by atoms with Gasteiger partial charge < -0.3 is 71.7 Å². The summed E-state index contributed by atoms with van der Waals surface area (Å²) in [4.78, 5) is 57.1. The predicted octanol–water partition coefficient (Wildman–Crippen LogP) is 16.0. The van der Waals surface area contributed by atoms with Gasteiger partial charge in [0.1, 0.15) is 88.0 Å². The standard InChI is InChI=1S/C27H27N7O2S.C25H25N6O2.C23H23BrN6O2.C23H21FN6O2S/c35-16-21-17-37-26(31-21)23-12-19-14-29-27(33-24(19)13-25(23)36-22-6-9-28-10-7-22)32-20-4-2-18(3-5-20)15-34-11-1-8-30-34;1-3-18-4-5-24-21(10-18)14-26-25(29-24)28-23-12-19(17-31(32)6-8-33-9-7-31)11-20(13-23)22-15-27-30(2)16-22;1-30-13-16(11-27-30)14-6-18(9-20(7-14)32-19-3-4-25-12-19)28-23-26-10-15-5-17(24)8-21(31-2)22(15)29-23;24-14-2-1-3-15(9-14)28-23-27-11-13-8-17(22-29-19(12-33-22)21(25)31)20(10-18(13)30-23)32-16-4-6-26-7-5-16/h1-5,8,11-14,17,22,28,35H,6-7,9-10,15-16H2,(H,29,32,33);1,4-5,10-16,32H,6-9,17H2,2H3,(H,26,28,29);5-11,13,19,25H,3-4,12H2,1-2H3,(H,26,28,29);1-3,8-12,16,26H,4-7H2,(H2,25,31)(H,27,28,30)/q;+1;;/t;;19-;/m..0./s1. The van der Waals surface area contributed by atoms with E-state index in [1.165, 1.54) is 34.8 Å². The minimum Gasteiger partial charge on any atom is -0.494 e. The number of fused-ring (bicyclic) bond motifs is 4. The highest BCUT2D eigenvalue weighted by Crippen LogP contribution is 2.41. The van der Waals surface area contributed by atoms with Crippen molar-refractivity contribution in [3.05, 3.63) is 257 Å². The Kier molecular flexibility index (Phi) is 28.5. The molecule has 0 aliphatic carbocycles. The van der Waals surface area contributed by atoms with E-state index in [1.54, 1.807) is 58.8 Å². The van der Waals surface area contributed by atoms with Gasteiger partial charge in [0.05, 0.1) is 79.2 Å². The number of primary amides is 1. The van der Waals surface area contributed by atoms with Crippen molar-refractivity contribution in [2.75, 3.05) is 93.9 Å². The number of nitrogens with one attached hydrogen (secondary N) is 7. The topological polar surface area (TPSA) is 396 Å². The molecule has 4 fully saturated rings. The number of hydrogen-bond donors (Lipinski definition) is 10. The second kappa shape index (κ2) is 42.2. The number of amides is 1. The monoisotopic (exact) mass is 1910 g/mol. The van der Waals surface area contributed by atoms with Crippen LogP contribution >= 0.6 is 38.6 Å². The molecular formula is C98H96BrFN25O8S2+. The molecule has 0 radical (unpaired) electrons. The Hall–Kier alpha value is -14.4. The zero-order chi connectivity index (χ0) is 92.7. The van der Waals surface area contributed by atoms with Crippen LogP contribution in [0.3, 0.4) is 0 Å². The highest BCUT2D eigenvalue weighted by atomic mass is 79.9. The fraction of sp³-hybridized carbons (Fsp3) is 0.245. The first-order valence-electron chi connectivity index (χ1n) is 44.0. The van der Waals surface area contributed by atoms with Crippen LogP contribution in [-0.2, 0) is 38.5 Å². The molecule has 4 saturated heterocycles. The van der Waals surface area contributed by atoms with Crippen LogP contribution < -0.4 is 61.9 Å². The molecule has 686 valence electrons. The maximum atomic E-state index is 13.5. The van der Waals surface area contributed by atoms with Crippen molar-refractivity contribution in [2.24, 2.45) is 19.8 Å². The summed E-state index contributed by atoms with van der Waals surface area (Å²) in [6, 6.07) is 45.7. The number of terminal acetylenes is 1. The minimum atomic E-state index is -0.574. The zero-order valence-electron chi connectivity index (χ0n) is 73.9. The lowest BCUT2D eigenvalue weighted by Crippen LogP contribution is -2.51. The van der Waals surface area contributed by atoms with Crippen LogP contribution in [0.4, 0.5) is 50.9 Å². The molecule has 0 bridgehead atoms. The van der Waals surface area contributed by atoms with Crippen LogP contribution in [0.2, 0.25) is 0 Å². The number of hydrogen-bond acceptors (Lipinski definition) is 30. The first-order chi connectivity index (χ1) is 65.8. The third kappa shape index (κ3) is 23.4. The average molecular weight is 1920 g/mol. The van der Waals surface area contributed by atoms with E-state index < -0.39 is 5.91 Å². The number of methoxy groups -OCH3 is 1. The number of aryl methyl sites for hydroxylation is 2. The number of ether oxygens (including phenoxy) is 5. The van der Waals surface area contributed by atoms with Gasteiger partial charge in [-0.25, -0.2) is 59.4 Å². The van der Waals surface area contributed by atoms with Crippen molar-refractivity contribution in [2.45, 2.75) is 70.1 Å². The number of benzene rings is 8. The molecule has 11 N–H and O–H groups in total. The Morgan fingerprint density at radius 2 is 1.16 bits per heavy atom. The van der Waals surface area contributed by atoms with E-state index in [-0.39, 0.29) is 41.1 Å². The molecule has 37 heteroatoms. The summed E-state index contributed by atoms with van der Waals surface area (Å²) < 4.78 is 49.9. The largest absolute Gasteiger partial charge is 0.494 e. The van der Waals surface area contributed by atoms with E-state index >= 15 is 0 Å². The number of aliphatic hydroxyl groups is 1. The number of piperidine rings is 2. The van der Waals surface area contributed by atoms with Crippen molar-refractivity contribution >= 4 is 135 Å². The summed E-state index contributed by atoms with van der Waals surface area (Å²) in [5.74, 6) is 6.42. The normalized spacial score (nSPS) is 14.9. The van der Waals surface area contributed by atoms with E-state index in [4.69, 9.17) is 40.8 Å². The van der Waals surface area contributed by atoms with Gasteiger partial charge in [-0.1, -0.05) is 40.0 Å². The molecule has 33 nitrogen and oxygen atoms in total. The van der Waals surface area contributed by atoms with Crippen LogP contribution in [0.1, 0.15) is 65.0 Å². The van der Waals surface area contributed by atoms with E-state index in [9.17, 15) is 19.5 Å². The maximum Gasteiger partial charge on any atom is 0.268 e. The summed E-state index contributed by atoms with van der Waals surface area (Å²) in [5, 5.41) is 64.8. The lowest BCUT2D eigenvalue weighted by Gasteiger charge is -2.33. The molecule has 4 aliphatic heterocycles. The number of aliphatic hydroxyl groups excluding tert-OH is 1. The molecule has 0 unspecified atom stereocenters. The SMILES string of the molecule is C#Cc1ccc2nc(Nc3cc(C[N+]4(O)CCOCC4)cc(-c4cnn(C)c4)c3)ncc2c1.COc1cc(Br)cc2cnc(Nc3cc(O[C@H]4CCNC4)cc(-c4cnn(C)c4)c3)nc12.NC(=O)c1csc(-c2cc3cnc(Nc4cccc(F)c4)nc3cc2OC2CCNCC2)n1.OCc1csc(-c2cc3cnc(Nc4ccc(Cn5cccn5)cc4)nc3cc2OC2CCNCC2)n1. The number of halogens is 2. The van der Waals surface area contributed by atoms with Crippen molar-refractivity contribution in [3.8, 4) is 78.7 Å². The Morgan fingerprint density at radius 1 is 0.578 bits per heavy atom. The molecule has 0 spiro atoms. The fourth-order valence-electron chi connectivity index (χ4n) is 16.0. The van der Waals surface area contributed by atoms with Crippen molar-refractivity contribution in [3.63, 3.8) is 0 Å². The van der Waals surface area contributed by atoms with E-state index in [0.29, 0.717) is 90.0 Å². The molecule has 21 rings (SSSR count). The summed E-state index contributed by atoms with van der Waals surface area (Å²) >= 11 is 6.32. The zero-order valence-corrected chi connectivity index (χ0v) is 77.1. The van der Waals surface area contributed by atoms with Crippen LogP contribution in [0.25, 0.3) is 87.0 Å². The number of anilines is 8. The second-order valence-electron chi connectivity index (χ2n) is 32.8. The summed E-state index contributed by atoms with van der Waals surface area (Å²) in [7, 11) is 5.43. The van der Waals surface area contributed by atoms with Crippen molar-refractivity contribution in [1.82, 2.24) is 95.1 Å². The molecule has 17 aromatic rings. The Balaban J connectivity index is 0.000000120. The highest BCUT2D eigenvalue weighted by Gasteiger charge is 2.31. The summed E-state index contributed by atoms with van der Waals surface area (Å²) in [6.45, 7) is 8.84. The van der Waals surface area contributed by atoms with Crippen molar-refractivity contribution < 1.29 is 47.8 Å². The number of aromatic nitrogens is 16. The maximum absolute atomic E-state index is 13.5. The minimum absolute atomic E-state index is 0.0417. The molecular weight excluding hydrogens is 1820 g/mol. The van der Waals surface area contributed by atoms with Crippen LogP contribution in [-0.4, -0.2) is 191 Å². The van der Waals surface area contributed by atoms with Gasteiger partial charge in [0.2, 0.25) is 23.8 Å². The number of rotatable bonds is 25. The molecule has 13 heterocycles. The van der Waals surface area contributed by atoms with Gasteiger partial charge >= 0.3 is 0 Å². The lowest BCUT2D eigenvalue weighted by atomic mass is 10.0. The van der Waals surface area contributed by atoms with Crippen molar-refractivity contribution in [1.29, 1.82) is 0 Å². The quantitative estimate of drug-likeness (QED) is 0.0188. The van der Waals surface area contributed by atoms with Crippen LogP contribution in [0.5, 0.6) is 23.0 Å². The van der Waals surface area contributed by atoms with Gasteiger partial charge in [-0.2, -0.15) is 19.9 Å². The van der Waals surface area contributed by atoms with Gasteiger partial charge in [-0.05, 0) is 191 Å². The van der Waals surface area contributed by atoms with Crippen LogP contribution in [0, 0.1) is 18.2 Å². The van der Waals surface area contributed by atoms with Gasteiger partial charge in [0.25, 0.3) is 5.91 Å². The van der Waals surface area contributed by atoms with E-state index in [1.807, 2.05) is 164 Å².